The summed E-state index contributed by atoms with van der Waals surface area (Å²) in [5.74, 6) is -0.230. The van der Waals surface area contributed by atoms with Crippen LogP contribution in [0.25, 0.3) is 27.5 Å². The van der Waals surface area contributed by atoms with Crippen LogP contribution in [0.3, 0.4) is 0 Å². The first-order chi connectivity index (χ1) is 12.1. The smallest absolute Gasteiger partial charge is 0.123 e. The third-order valence-electron chi connectivity index (χ3n) is 4.96. The number of aromatic amines is 1. The van der Waals surface area contributed by atoms with Crippen LogP contribution in [0.4, 0.5) is 4.39 Å². The molecule has 0 amide bonds. The van der Waals surface area contributed by atoms with Gasteiger partial charge in [0.25, 0.3) is 0 Å². The predicted octanol–water partition coefficient (Wildman–Crippen LogP) is 4.54. The van der Waals surface area contributed by atoms with Gasteiger partial charge in [-0.15, -0.1) is 0 Å². The van der Waals surface area contributed by atoms with Gasteiger partial charge in [-0.25, -0.2) is 4.39 Å². The lowest BCUT2D eigenvalue weighted by atomic mass is 9.84. The topological polar surface area (TPSA) is 42.8 Å². The van der Waals surface area contributed by atoms with Crippen molar-refractivity contribution < 1.29 is 9.13 Å². The molecule has 1 N–H and O–H groups in total. The van der Waals surface area contributed by atoms with E-state index in [4.69, 9.17) is 4.74 Å². The molecule has 0 radical (unpaired) electrons. The highest BCUT2D eigenvalue weighted by Gasteiger charge is 2.41. The van der Waals surface area contributed by atoms with Crippen molar-refractivity contribution in [2.24, 2.45) is 0 Å². The van der Waals surface area contributed by atoms with Crippen molar-refractivity contribution in [1.82, 2.24) is 14.8 Å². The van der Waals surface area contributed by atoms with Crippen molar-refractivity contribution in [3.05, 3.63) is 57.7 Å². The molecular weight excluding hydrogens is 432 g/mol. The maximum absolute atomic E-state index is 13.5. The van der Waals surface area contributed by atoms with Crippen LogP contribution >= 0.6 is 22.6 Å². The van der Waals surface area contributed by atoms with E-state index in [-0.39, 0.29) is 11.2 Å². The van der Waals surface area contributed by atoms with Crippen molar-refractivity contribution in [3.8, 4) is 5.69 Å². The summed E-state index contributed by atoms with van der Waals surface area (Å²) in [5.41, 5.74) is 4.26. The number of nitrogens with one attached hydrogen (secondary N) is 1. The van der Waals surface area contributed by atoms with E-state index in [2.05, 4.69) is 56.4 Å². The van der Waals surface area contributed by atoms with E-state index < -0.39 is 0 Å². The number of nitrogens with zero attached hydrogens (tertiary/aromatic N) is 2. The minimum atomic E-state index is -0.230. The first kappa shape index (κ1) is 15.3. The lowest BCUT2D eigenvalue weighted by Crippen LogP contribution is -2.45. The van der Waals surface area contributed by atoms with E-state index in [0.29, 0.717) is 13.2 Å². The third-order valence-corrected chi connectivity index (χ3v) is 6.06. The number of hydrogen-bond donors (Lipinski definition) is 1. The van der Waals surface area contributed by atoms with Crippen molar-refractivity contribution in [3.63, 3.8) is 0 Å². The first-order valence-electron chi connectivity index (χ1n) is 8.08. The minimum Gasteiger partial charge on any atom is -0.379 e. The number of benzene rings is 2. The van der Waals surface area contributed by atoms with Gasteiger partial charge in [0, 0.05) is 25.7 Å². The molecular formula is C19H15FIN3O. The molecule has 126 valence electrons. The largest absolute Gasteiger partial charge is 0.379 e. The zero-order valence-corrected chi connectivity index (χ0v) is 15.7. The van der Waals surface area contributed by atoms with Gasteiger partial charge in [-0.2, -0.15) is 5.10 Å². The average Bonchev–Trinajstić information content (AvgIpc) is 3.14. The first-order valence-corrected chi connectivity index (χ1v) is 9.16. The fourth-order valence-corrected chi connectivity index (χ4v) is 4.95. The lowest BCUT2D eigenvalue weighted by molar-refractivity contribution is -0.0530. The van der Waals surface area contributed by atoms with Crippen LogP contribution in [0.1, 0.15) is 12.6 Å². The Labute approximate surface area is 157 Å². The molecule has 25 heavy (non-hydrogen) atoms. The molecule has 0 atom stereocenters. The molecule has 1 fully saturated rings. The number of rotatable bonds is 2. The molecule has 2 aromatic heterocycles. The molecule has 1 saturated heterocycles. The Bertz CT molecular complexity index is 1110. The second-order valence-corrected chi connectivity index (χ2v) is 7.93. The van der Waals surface area contributed by atoms with Crippen LogP contribution in [-0.2, 0) is 10.2 Å². The normalized spacial score (nSPS) is 16.4. The molecule has 0 unspecified atom stereocenters. The third kappa shape index (κ3) is 2.17. The summed E-state index contributed by atoms with van der Waals surface area (Å²) in [6.45, 7) is 3.61. The summed E-state index contributed by atoms with van der Waals surface area (Å²) in [6.07, 6.45) is 1.83. The quantitative estimate of drug-likeness (QED) is 0.459. The van der Waals surface area contributed by atoms with Gasteiger partial charge in [-0.1, -0.05) is 0 Å². The number of aromatic nitrogens is 3. The zero-order valence-electron chi connectivity index (χ0n) is 13.5. The van der Waals surface area contributed by atoms with Crippen LogP contribution in [0.15, 0.2) is 42.6 Å². The number of hydrogen-bond acceptors (Lipinski definition) is 2. The fraction of sp³-hybridized carbons (Fsp3) is 0.211. The Morgan fingerprint density at radius 1 is 1.24 bits per heavy atom. The highest BCUT2D eigenvalue weighted by atomic mass is 127. The standard InChI is InChI=1S/C19H15FIN3O/c1-19(9-25-10-19)18-17(21)14-7-15-11(8-22-23-15)6-16(14)24(18)13-4-2-12(20)3-5-13/h2-8H,9-10H2,1H3,(H,22,23). The fourth-order valence-electron chi connectivity index (χ4n) is 3.62. The van der Waals surface area contributed by atoms with Crippen LogP contribution < -0.4 is 0 Å². The van der Waals surface area contributed by atoms with Gasteiger partial charge >= 0.3 is 0 Å². The molecule has 4 nitrogen and oxygen atoms in total. The van der Waals surface area contributed by atoms with Gasteiger partial charge in [0.2, 0.25) is 0 Å². The summed E-state index contributed by atoms with van der Waals surface area (Å²) in [7, 11) is 0. The van der Waals surface area contributed by atoms with Crippen LogP contribution in [0.2, 0.25) is 0 Å². The second-order valence-electron chi connectivity index (χ2n) is 6.85. The number of halogens is 2. The van der Waals surface area contributed by atoms with E-state index in [1.807, 2.05) is 18.3 Å². The Kier molecular flexibility index (Phi) is 3.24. The maximum Gasteiger partial charge on any atom is 0.123 e. The van der Waals surface area contributed by atoms with E-state index >= 15 is 0 Å². The average molecular weight is 447 g/mol. The lowest BCUT2D eigenvalue weighted by Gasteiger charge is -2.39. The van der Waals surface area contributed by atoms with Gasteiger partial charge in [-0.05, 0) is 65.9 Å². The second kappa shape index (κ2) is 5.28. The Balaban J connectivity index is 1.91. The van der Waals surface area contributed by atoms with Gasteiger partial charge < -0.3 is 9.30 Å². The predicted molar refractivity (Wildman–Crippen MR) is 104 cm³/mol. The molecule has 0 bridgehead atoms. The van der Waals surface area contributed by atoms with Crippen molar-refractivity contribution >= 4 is 44.4 Å². The minimum absolute atomic E-state index is 0.0457. The molecule has 4 aromatic rings. The van der Waals surface area contributed by atoms with Crippen molar-refractivity contribution in [2.75, 3.05) is 13.2 Å². The summed E-state index contributed by atoms with van der Waals surface area (Å²) >= 11 is 2.42. The van der Waals surface area contributed by atoms with Crippen LogP contribution in [0.5, 0.6) is 0 Å². The van der Waals surface area contributed by atoms with Gasteiger partial charge in [0.15, 0.2) is 0 Å². The molecule has 2 aromatic carbocycles. The maximum atomic E-state index is 13.5. The monoisotopic (exact) mass is 447 g/mol. The van der Waals surface area contributed by atoms with E-state index in [1.165, 1.54) is 26.8 Å². The molecule has 0 aliphatic carbocycles. The summed E-state index contributed by atoms with van der Waals surface area (Å²) in [6, 6.07) is 11.0. The summed E-state index contributed by atoms with van der Waals surface area (Å²) < 4.78 is 22.4. The molecule has 1 aliphatic heterocycles. The molecule has 0 spiro atoms. The van der Waals surface area contributed by atoms with Crippen molar-refractivity contribution in [2.45, 2.75) is 12.3 Å². The Morgan fingerprint density at radius 2 is 2.00 bits per heavy atom. The highest BCUT2D eigenvalue weighted by molar-refractivity contribution is 14.1. The van der Waals surface area contributed by atoms with E-state index in [0.717, 1.165) is 22.1 Å². The number of ether oxygens (including phenoxy) is 1. The Hall–Kier alpha value is -1.93. The Morgan fingerprint density at radius 3 is 2.68 bits per heavy atom. The van der Waals surface area contributed by atoms with Crippen LogP contribution in [0, 0.1) is 9.39 Å². The number of H-pyrrole nitrogens is 1. The van der Waals surface area contributed by atoms with E-state index in [1.54, 1.807) is 0 Å². The number of fused-ring (bicyclic) bond motifs is 2. The molecule has 3 heterocycles. The van der Waals surface area contributed by atoms with E-state index in [9.17, 15) is 4.39 Å². The van der Waals surface area contributed by atoms with Gasteiger partial charge in [-0.3, -0.25) is 5.10 Å². The SMILES string of the molecule is CC1(c2c(I)c3cc4[nH]ncc4cc3n2-c2ccc(F)cc2)COC1. The summed E-state index contributed by atoms with van der Waals surface area (Å²) in [5, 5.41) is 9.42. The zero-order chi connectivity index (χ0) is 17.2. The highest BCUT2D eigenvalue weighted by Crippen LogP contribution is 2.42. The van der Waals surface area contributed by atoms with Gasteiger partial charge in [0.1, 0.15) is 5.82 Å². The molecule has 5 rings (SSSR count). The molecule has 0 saturated carbocycles. The summed E-state index contributed by atoms with van der Waals surface area (Å²) in [4.78, 5) is 0. The molecule has 1 aliphatic rings. The van der Waals surface area contributed by atoms with Gasteiger partial charge in [0.05, 0.1) is 35.9 Å². The molecule has 6 heteroatoms. The van der Waals surface area contributed by atoms with Crippen molar-refractivity contribution in [1.29, 1.82) is 0 Å². The van der Waals surface area contributed by atoms with Crippen LogP contribution in [-0.4, -0.2) is 28.0 Å².